The van der Waals surface area contributed by atoms with Crippen molar-refractivity contribution in [2.75, 3.05) is 6.54 Å². The van der Waals surface area contributed by atoms with Gasteiger partial charge in [0.05, 0.1) is 12.7 Å². The van der Waals surface area contributed by atoms with Crippen LogP contribution < -0.4 is 11.1 Å². The van der Waals surface area contributed by atoms with Crippen LogP contribution in [0.5, 0.6) is 0 Å². The molecule has 1 aromatic heterocycles. The van der Waals surface area contributed by atoms with Gasteiger partial charge < -0.3 is 11.1 Å². The number of nitrogens with zero attached hydrogens (tertiary/aromatic N) is 3. The van der Waals surface area contributed by atoms with Crippen molar-refractivity contribution < 1.29 is 4.79 Å². The third-order valence-electron chi connectivity index (χ3n) is 3.53. The van der Waals surface area contributed by atoms with E-state index in [1.54, 1.807) is 17.1 Å². The zero-order chi connectivity index (χ0) is 12.8. The Morgan fingerprint density at radius 2 is 2.17 bits per heavy atom. The van der Waals surface area contributed by atoms with Crippen LogP contribution in [-0.4, -0.2) is 33.0 Å². The molecule has 18 heavy (non-hydrogen) atoms. The number of hydrogen-bond donors (Lipinski definition) is 2. The fourth-order valence-corrected chi connectivity index (χ4v) is 2.36. The van der Waals surface area contributed by atoms with Gasteiger partial charge in [0.1, 0.15) is 0 Å². The molecule has 1 aromatic rings. The Morgan fingerprint density at radius 1 is 1.39 bits per heavy atom. The van der Waals surface area contributed by atoms with Gasteiger partial charge in [-0.05, 0) is 12.8 Å². The first-order valence-electron chi connectivity index (χ1n) is 6.58. The van der Waals surface area contributed by atoms with Gasteiger partial charge in [-0.15, -0.1) is 5.10 Å². The lowest BCUT2D eigenvalue weighted by Gasteiger charge is -2.33. The molecular formula is C12H21N5O. The number of carbonyl (C=O) groups excluding carboxylic acids is 1. The van der Waals surface area contributed by atoms with E-state index in [1.807, 2.05) is 0 Å². The first-order chi connectivity index (χ1) is 8.68. The van der Waals surface area contributed by atoms with E-state index in [-0.39, 0.29) is 11.4 Å². The van der Waals surface area contributed by atoms with E-state index in [4.69, 9.17) is 5.73 Å². The molecule has 0 bridgehead atoms. The predicted octanol–water partition coefficient (Wildman–Crippen LogP) is 0.446. The van der Waals surface area contributed by atoms with Crippen molar-refractivity contribution in [2.24, 2.45) is 5.73 Å². The molecule has 6 heteroatoms. The molecule has 2 rings (SSSR count). The van der Waals surface area contributed by atoms with Crippen molar-refractivity contribution in [1.29, 1.82) is 0 Å². The van der Waals surface area contributed by atoms with Crippen molar-refractivity contribution in [1.82, 2.24) is 20.3 Å². The molecule has 100 valence electrons. The number of nitrogens with one attached hydrogen (secondary N) is 1. The number of nitrogens with two attached hydrogens (primary N) is 1. The summed E-state index contributed by atoms with van der Waals surface area (Å²) >= 11 is 0. The lowest BCUT2D eigenvalue weighted by molar-refractivity contribution is -0.121. The van der Waals surface area contributed by atoms with Gasteiger partial charge in [-0.1, -0.05) is 24.5 Å². The summed E-state index contributed by atoms with van der Waals surface area (Å²) in [7, 11) is 0. The number of rotatable bonds is 5. The summed E-state index contributed by atoms with van der Waals surface area (Å²) in [5, 5.41) is 10.4. The van der Waals surface area contributed by atoms with Gasteiger partial charge in [-0.2, -0.15) is 0 Å². The van der Waals surface area contributed by atoms with Gasteiger partial charge in [0.15, 0.2) is 0 Å². The summed E-state index contributed by atoms with van der Waals surface area (Å²) in [5.74, 6) is 0.0286. The Labute approximate surface area is 107 Å². The number of aryl methyl sites for hydroxylation is 1. The smallest absolute Gasteiger partial charge is 0.221 e. The van der Waals surface area contributed by atoms with E-state index in [0.717, 1.165) is 12.8 Å². The summed E-state index contributed by atoms with van der Waals surface area (Å²) in [5.41, 5.74) is 6.06. The lowest BCUT2D eigenvalue weighted by atomic mass is 9.82. The molecule has 1 fully saturated rings. The van der Waals surface area contributed by atoms with Crippen molar-refractivity contribution in [2.45, 2.75) is 50.6 Å². The Bertz CT molecular complexity index is 370. The number of amides is 1. The highest BCUT2D eigenvalue weighted by Gasteiger charge is 2.27. The van der Waals surface area contributed by atoms with Crippen LogP contribution >= 0.6 is 0 Å². The second-order valence-electron chi connectivity index (χ2n) is 5.12. The third kappa shape index (κ3) is 3.80. The standard InChI is InChI=1S/C12H21N5O/c13-12(5-2-1-3-6-12)10-14-11(18)4-8-17-9-7-15-16-17/h7,9H,1-6,8,10,13H2,(H,14,18). The second-order valence-corrected chi connectivity index (χ2v) is 5.12. The maximum atomic E-state index is 11.7. The van der Waals surface area contributed by atoms with Crippen LogP contribution in [0.25, 0.3) is 0 Å². The van der Waals surface area contributed by atoms with Crippen LogP contribution in [-0.2, 0) is 11.3 Å². The minimum absolute atomic E-state index is 0.0286. The number of aromatic nitrogens is 3. The molecule has 0 saturated heterocycles. The van der Waals surface area contributed by atoms with Gasteiger partial charge in [0.25, 0.3) is 0 Å². The van der Waals surface area contributed by atoms with Gasteiger partial charge in [0.2, 0.25) is 5.91 Å². The molecule has 0 aliphatic heterocycles. The summed E-state index contributed by atoms with van der Waals surface area (Å²) in [6.45, 7) is 1.15. The summed E-state index contributed by atoms with van der Waals surface area (Å²) in [6.07, 6.45) is 9.40. The van der Waals surface area contributed by atoms with Crippen molar-refractivity contribution in [3.05, 3.63) is 12.4 Å². The number of carbonyl (C=O) groups is 1. The van der Waals surface area contributed by atoms with Gasteiger partial charge in [0, 0.05) is 24.7 Å². The molecule has 1 aliphatic rings. The zero-order valence-electron chi connectivity index (χ0n) is 10.6. The Hall–Kier alpha value is -1.43. The average molecular weight is 251 g/mol. The first-order valence-corrected chi connectivity index (χ1v) is 6.58. The van der Waals surface area contributed by atoms with E-state index in [2.05, 4.69) is 15.6 Å². The number of hydrogen-bond acceptors (Lipinski definition) is 4. The Kier molecular flexibility index (Phi) is 4.30. The summed E-state index contributed by atoms with van der Waals surface area (Å²) in [6, 6.07) is 0. The van der Waals surface area contributed by atoms with Crippen molar-refractivity contribution >= 4 is 5.91 Å². The van der Waals surface area contributed by atoms with Crippen LogP contribution in [0.15, 0.2) is 12.4 Å². The van der Waals surface area contributed by atoms with Crippen LogP contribution in [0.4, 0.5) is 0 Å². The van der Waals surface area contributed by atoms with Gasteiger partial charge in [-0.25, -0.2) is 0 Å². The highest BCUT2D eigenvalue weighted by Crippen LogP contribution is 2.25. The van der Waals surface area contributed by atoms with Crippen LogP contribution in [0.1, 0.15) is 38.5 Å². The molecule has 0 spiro atoms. The van der Waals surface area contributed by atoms with E-state index in [0.29, 0.717) is 19.5 Å². The maximum absolute atomic E-state index is 11.7. The molecule has 0 atom stereocenters. The fraction of sp³-hybridized carbons (Fsp3) is 0.750. The average Bonchev–Trinajstić information content (AvgIpc) is 2.88. The topological polar surface area (TPSA) is 85.8 Å². The predicted molar refractivity (Wildman–Crippen MR) is 67.7 cm³/mol. The van der Waals surface area contributed by atoms with E-state index < -0.39 is 0 Å². The quantitative estimate of drug-likeness (QED) is 0.795. The molecule has 1 amide bonds. The minimum Gasteiger partial charge on any atom is -0.354 e. The highest BCUT2D eigenvalue weighted by molar-refractivity contribution is 5.75. The highest BCUT2D eigenvalue weighted by atomic mass is 16.1. The normalized spacial score (nSPS) is 18.5. The Balaban J connectivity index is 1.68. The van der Waals surface area contributed by atoms with Crippen LogP contribution in [0.2, 0.25) is 0 Å². The maximum Gasteiger partial charge on any atom is 0.221 e. The molecule has 1 aliphatic carbocycles. The molecule has 0 radical (unpaired) electrons. The zero-order valence-corrected chi connectivity index (χ0v) is 10.6. The molecule has 0 unspecified atom stereocenters. The molecule has 1 heterocycles. The fourth-order valence-electron chi connectivity index (χ4n) is 2.36. The van der Waals surface area contributed by atoms with Crippen molar-refractivity contribution in [3.8, 4) is 0 Å². The lowest BCUT2D eigenvalue weighted by Crippen LogP contribution is -2.51. The summed E-state index contributed by atoms with van der Waals surface area (Å²) in [4.78, 5) is 11.7. The van der Waals surface area contributed by atoms with Crippen LogP contribution in [0.3, 0.4) is 0 Å². The van der Waals surface area contributed by atoms with E-state index >= 15 is 0 Å². The molecule has 0 aromatic carbocycles. The summed E-state index contributed by atoms with van der Waals surface area (Å²) < 4.78 is 1.65. The Morgan fingerprint density at radius 3 is 2.83 bits per heavy atom. The molecular weight excluding hydrogens is 230 g/mol. The van der Waals surface area contributed by atoms with Gasteiger partial charge in [-0.3, -0.25) is 9.48 Å². The SMILES string of the molecule is NC1(CNC(=O)CCn2ccnn2)CCCCC1. The monoisotopic (exact) mass is 251 g/mol. The van der Waals surface area contributed by atoms with Crippen molar-refractivity contribution in [3.63, 3.8) is 0 Å². The van der Waals surface area contributed by atoms with E-state index in [9.17, 15) is 4.79 Å². The second kappa shape index (κ2) is 5.95. The first kappa shape index (κ1) is 13.0. The minimum atomic E-state index is -0.193. The van der Waals surface area contributed by atoms with E-state index in [1.165, 1.54) is 19.3 Å². The van der Waals surface area contributed by atoms with Crippen LogP contribution in [0, 0.1) is 0 Å². The molecule has 3 N–H and O–H groups in total. The van der Waals surface area contributed by atoms with Gasteiger partial charge >= 0.3 is 0 Å². The third-order valence-corrected chi connectivity index (χ3v) is 3.53. The molecule has 1 saturated carbocycles. The molecule has 6 nitrogen and oxygen atoms in total. The largest absolute Gasteiger partial charge is 0.354 e.